The van der Waals surface area contributed by atoms with Gasteiger partial charge in [0, 0.05) is 5.02 Å². The normalized spacial score (nSPS) is 11.3. The van der Waals surface area contributed by atoms with E-state index in [0.29, 0.717) is 15.3 Å². The van der Waals surface area contributed by atoms with Gasteiger partial charge in [-0.1, -0.05) is 11.6 Å². The molecule has 5 nitrogen and oxygen atoms in total. The van der Waals surface area contributed by atoms with Gasteiger partial charge in [-0.25, -0.2) is 13.4 Å². The highest BCUT2D eigenvalue weighted by Gasteiger charge is 2.17. The molecule has 0 aliphatic heterocycles. The van der Waals surface area contributed by atoms with E-state index in [-0.39, 0.29) is 10.6 Å². The SMILES string of the molecule is Nc1cc(Cl)ccc1S(=O)(=O)Nc1ccc(Br)nc1. The van der Waals surface area contributed by atoms with Crippen LogP contribution >= 0.6 is 27.5 Å². The van der Waals surface area contributed by atoms with E-state index < -0.39 is 10.0 Å². The van der Waals surface area contributed by atoms with E-state index in [1.165, 1.54) is 24.4 Å². The van der Waals surface area contributed by atoms with Crippen LogP contribution in [-0.2, 0) is 10.0 Å². The average molecular weight is 363 g/mol. The van der Waals surface area contributed by atoms with E-state index >= 15 is 0 Å². The van der Waals surface area contributed by atoms with Gasteiger partial charge in [-0.3, -0.25) is 4.72 Å². The second-order valence-electron chi connectivity index (χ2n) is 3.66. The maximum absolute atomic E-state index is 12.1. The van der Waals surface area contributed by atoms with Crippen LogP contribution in [0.1, 0.15) is 0 Å². The summed E-state index contributed by atoms with van der Waals surface area (Å²) >= 11 is 8.90. The summed E-state index contributed by atoms with van der Waals surface area (Å²) in [5.74, 6) is 0. The number of sulfonamides is 1. The lowest BCUT2D eigenvalue weighted by Gasteiger charge is -2.10. The summed E-state index contributed by atoms with van der Waals surface area (Å²) in [7, 11) is -3.76. The summed E-state index contributed by atoms with van der Waals surface area (Å²) in [6, 6.07) is 7.42. The molecule has 8 heteroatoms. The topological polar surface area (TPSA) is 85.1 Å². The van der Waals surface area contributed by atoms with Gasteiger partial charge in [0.2, 0.25) is 0 Å². The number of nitrogens with zero attached hydrogens (tertiary/aromatic N) is 1. The van der Waals surface area contributed by atoms with Gasteiger partial charge in [0.05, 0.1) is 17.6 Å². The molecule has 0 radical (unpaired) electrons. The van der Waals surface area contributed by atoms with Crippen molar-refractivity contribution >= 4 is 48.9 Å². The Labute approximate surface area is 124 Å². The number of benzene rings is 1. The molecule has 0 bridgehead atoms. The van der Waals surface area contributed by atoms with Crippen LogP contribution in [0, 0.1) is 0 Å². The van der Waals surface area contributed by atoms with Crippen LogP contribution in [0.25, 0.3) is 0 Å². The number of nitrogen functional groups attached to an aromatic ring is 1. The minimum atomic E-state index is -3.76. The lowest BCUT2D eigenvalue weighted by molar-refractivity contribution is 0.601. The third-order valence-electron chi connectivity index (χ3n) is 2.24. The zero-order valence-electron chi connectivity index (χ0n) is 9.47. The van der Waals surface area contributed by atoms with Crippen molar-refractivity contribution in [1.82, 2.24) is 4.98 Å². The van der Waals surface area contributed by atoms with Crippen molar-refractivity contribution in [2.45, 2.75) is 4.90 Å². The minimum absolute atomic E-state index is 0.0279. The van der Waals surface area contributed by atoms with Crippen molar-refractivity contribution in [3.63, 3.8) is 0 Å². The van der Waals surface area contributed by atoms with Gasteiger partial charge < -0.3 is 5.73 Å². The van der Waals surface area contributed by atoms with Crippen molar-refractivity contribution in [3.8, 4) is 0 Å². The highest BCUT2D eigenvalue weighted by Crippen LogP contribution is 2.24. The molecule has 1 aromatic carbocycles. The Bertz CT molecular complexity index is 704. The molecule has 1 heterocycles. The Morgan fingerprint density at radius 2 is 2.00 bits per heavy atom. The van der Waals surface area contributed by atoms with Gasteiger partial charge in [-0.05, 0) is 46.3 Å². The molecule has 0 saturated heterocycles. The fraction of sp³-hybridized carbons (Fsp3) is 0. The Balaban J connectivity index is 2.35. The fourth-order valence-electron chi connectivity index (χ4n) is 1.41. The first kappa shape index (κ1) is 14.1. The molecule has 0 aliphatic carbocycles. The number of rotatable bonds is 3. The monoisotopic (exact) mass is 361 g/mol. The number of hydrogen-bond donors (Lipinski definition) is 2. The van der Waals surface area contributed by atoms with Crippen molar-refractivity contribution < 1.29 is 8.42 Å². The number of nitrogens with one attached hydrogen (secondary N) is 1. The molecule has 0 saturated carbocycles. The molecule has 2 aromatic rings. The quantitative estimate of drug-likeness (QED) is 0.649. The van der Waals surface area contributed by atoms with E-state index in [2.05, 4.69) is 25.6 Å². The number of anilines is 2. The summed E-state index contributed by atoms with van der Waals surface area (Å²) < 4.78 is 27.3. The number of aromatic nitrogens is 1. The van der Waals surface area contributed by atoms with Crippen LogP contribution in [0.5, 0.6) is 0 Å². The molecule has 0 atom stereocenters. The Kier molecular flexibility index (Phi) is 3.98. The molecule has 19 heavy (non-hydrogen) atoms. The molecular formula is C11H9BrClN3O2S. The Morgan fingerprint density at radius 3 is 2.58 bits per heavy atom. The second-order valence-corrected chi connectivity index (χ2v) is 6.56. The number of nitrogens with two attached hydrogens (primary N) is 1. The van der Waals surface area contributed by atoms with Gasteiger partial charge in [-0.15, -0.1) is 0 Å². The predicted molar refractivity (Wildman–Crippen MR) is 78.6 cm³/mol. The lowest BCUT2D eigenvalue weighted by Crippen LogP contribution is -2.14. The zero-order valence-corrected chi connectivity index (χ0v) is 12.6. The van der Waals surface area contributed by atoms with Gasteiger partial charge in [-0.2, -0.15) is 0 Å². The summed E-state index contributed by atoms with van der Waals surface area (Å²) in [5.41, 5.74) is 6.09. The Hall–Kier alpha value is -1.31. The molecule has 100 valence electrons. The molecule has 1 aromatic heterocycles. The molecule has 0 spiro atoms. The highest BCUT2D eigenvalue weighted by atomic mass is 79.9. The molecule has 0 amide bonds. The predicted octanol–water partition coefficient (Wildman–Crippen LogP) is 2.88. The first-order valence-corrected chi connectivity index (χ1v) is 7.73. The van der Waals surface area contributed by atoms with Gasteiger partial charge in [0.25, 0.3) is 10.0 Å². The van der Waals surface area contributed by atoms with Crippen LogP contribution in [0.3, 0.4) is 0 Å². The molecule has 0 aliphatic rings. The van der Waals surface area contributed by atoms with Crippen LogP contribution in [0.4, 0.5) is 11.4 Å². The van der Waals surface area contributed by atoms with E-state index in [1.807, 2.05) is 0 Å². The van der Waals surface area contributed by atoms with Crippen molar-refractivity contribution in [2.24, 2.45) is 0 Å². The third-order valence-corrected chi connectivity index (χ3v) is 4.40. The van der Waals surface area contributed by atoms with E-state index in [9.17, 15) is 8.42 Å². The van der Waals surface area contributed by atoms with Crippen molar-refractivity contribution in [1.29, 1.82) is 0 Å². The molecule has 0 unspecified atom stereocenters. The summed E-state index contributed by atoms with van der Waals surface area (Å²) in [4.78, 5) is 3.90. The smallest absolute Gasteiger partial charge is 0.263 e. The average Bonchev–Trinajstić information content (AvgIpc) is 2.31. The zero-order chi connectivity index (χ0) is 14.0. The molecule has 3 N–H and O–H groups in total. The number of hydrogen-bond acceptors (Lipinski definition) is 4. The Morgan fingerprint density at radius 1 is 1.26 bits per heavy atom. The van der Waals surface area contributed by atoms with E-state index in [1.54, 1.807) is 12.1 Å². The van der Waals surface area contributed by atoms with Crippen LogP contribution in [0.15, 0.2) is 46.0 Å². The van der Waals surface area contributed by atoms with Gasteiger partial charge in [0.1, 0.15) is 9.50 Å². The lowest BCUT2D eigenvalue weighted by atomic mass is 10.3. The first-order chi connectivity index (χ1) is 8.88. The van der Waals surface area contributed by atoms with E-state index in [4.69, 9.17) is 17.3 Å². The van der Waals surface area contributed by atoms with Crippen LogP contribution < -0.4 is 10.5 Å². The standard InChI is InChI=1S/C11H9BrClN3O2S/c12-11-4-2-8(6-15-11)16-19(17,18)10-3-1-7(13)5-9(10)14/h1-6,16H,14H2. The van der Waals surface area contributed by atoms with Crippen LogP contribution in [0.2, 0.25) is 5.02 Å². The summed E-state index contributed by atoms with van der Waals surface area (Å²) in [6.07, 6.45) is 1.40. The van der Waals surface area contributed by atoms with Gasteiger partial charge >= 0.3 is 0 Å². The largest absolute Gasteiger partial charge is 0.398 e. The fourth-order valence-corrected chi connectivity index (χ4v) is 2.98. The second kappa shape index (κ2) is 5.36. The van der Waals surface area contributed by atoms with Crippen LogP contribution in [-0.4, -0.2) is 13.4 Å². The van der Waals surface area contributed by atoms with Crippen molar-refractivity contribution in [3.05, 3.63) is 46.2 Å². The summed E-state index contributed by atoms with van der Waals surface area (Å²) in [5, 5.41) is 0.377. The maximum Gasteiger partial charge on any atom is 0.263 e. The molecular weight excluding hydrogens is 354 g/mol. The molecule has 2 rings (SSSR count). The minimum Gasteiger partial charge on any atom is -0.398 e. The number of pyridine rings is 1. The van der Waals surface area contributed by atoms with Crippen molar-refractivity contribution in [2.75, 3.05) is 10.5 Å². The molecule has 0 fully saturated rings. The maximum atomic E-state index is 12.1. The number of halogens is 2. The van der Waals surface area contributed by atoms with Gasteiger partial charge in [0.15, 0.2) is 0 Å². The van der Waals surface area contributed by atoms with E-state index in [0.717, 1.165) is 0 Å². The summed E-state index contributed by atoms with van der Waals surface area (Å²) in [6.45, 7) is 0. The first-order valence-electron chi connectivity index (χ1n) is 5.08. The highest BCUT2D eigenvalue weighted by molar-refractivity contribution is 9.10. The third kappa shape index (κ3) is 3.37.